The van der Waals surface area contributed by atoms with Crippen LogP contribution in [0.5, 0.6) is 5.88 Å². The highest BCUT2D eigenvalue weighted by Gasteiger charge is 2.24. The van der Waals surface area contributed by atoms with Gasteiger partial charge in [0.1, 0.15) is 18.0 Å². The van der Waals surface area contributed by atoms with Crippen LogP contribution in [-0.4, -0.2) is 52.4 Å². The molecule has 116 valence electrons. The second-order valence-electron chi connectivity index (χ2n) is 4.92. The Morgan fingerprint density at radius 1 is 1.36 bits per heavy atom. The van der Waals surface area contributed by atoms with Crippen LogP contribution in [0, 0.1) is 0 Å². The zero-order chi connectivity index (χ0) is 15.4. The van der Waals surface area contributed by atoms with E-state index >= 15 is 0 Å². The first kappa shape index (κ1) is 14.8. The summed E-state index contributed by atoms with van der Waals surface area (Å²) in [5.41, 5.74) is 0. The molecule has 7 nitrogen and oxygen atoms in total. The number of nitrogens with zero attached hydrogens (tertiary/aromatic N) is 5. The Hall–Kier alpha value is -2.09. The first-order chi connectivity index (χ1) is 10.8. The van der Waals surface area contributed by atoms with Gasteiger partial charge >= 0.3 is 0 Å². The maximum absolute atomic E-state index is 5.11. The van der Waals surface area contributed by atoms with E-state index in [9.17, 15) is 0 Å². The first-order valence-corrected chi connectivity index (χ1v) is 8.25. The third-order valence-electron chi connectivity index (χ3n) is 3.52. The van der Waals surface area contributed by atoms with E-state index in [4.69, 9.17) is 4.74 Å². The molecule has 1 fully saturated rings. The molecule has 0 saturated carbocycles. The molecule has 0 aliphatic carbocycles. The molecule has 2 aromatic rings. The van der Waals surface area contributed by atoms with Crippen LogP contribution in [0.25, 0.3) is 0 Å². The highest BCUT2D eigenvalue weighted by molar-refractivity contribution is 7.98. The summed E-state index contributed by atoms with van der Waals surface area (Å²) in [4.78, 5) is 19.3. The standard InChI is InChI=1S/C14H18N6OS/c1-21-13-7-11(16-9-17-13)18-10-4-6-20(8-10)12-3-5-15-14(19-12)22-2/h3,5,7,9-10H,4,6,8H2,1-2H3,(H,16,17,18). The Bertz CT molecular complexity index is 640. The molecule has 0 amide bonds. The van der Waals surface area contributed by atoms with E-state index in [1.165, 1.54) is 6.33 Å². The zero-order valence-electron chi connectivity index (χ0n) is 12.6. The molecule has 8 heteroatoms. The van der Waals surface area contributed by atoms with Crippen LogP contribution in [0.3, 0.4) is 0 Å². The largest absolute Gasteiger partial charge is 0.481 e. The van der Waals surface area contributed by atoms with Gasteiger partial charge in [0.15, 0.2) is 5.16 Å². The van der Waals surface area contributed by atoms with Crippen molar-refractivity contribution in [3.63, 3.8) is 0 Å². The lowest BCUT2D eigenvalue weighted by Gasteiger charge is -2.18. The minimum Gasteiger partial charge on any atom is -0.481 e. The maximum Gasteiger partial charge on any atom is 0.218 e. The fraction of sp³-hybridized carbons (Fsp3) is 0.429. The highest BCUT2D eigenvalue weighted by atomic mass is 32.2. The molecule has 1 aliphatic rings. The molecular formula is C14H18N6OS. The molecule has 1 N–H and O–H groups in total. The van der Waals surface area contributed by atoms with Gasteiger partial charge in [-0.1, -0.05) is 11.8 Å². The van der Waals surface area contributed by atoms with Crippen molar-refractivity contribution >= 4 is 23.4 Å². The number of hydrogen-bond donors (Lipinski definition) is 1. The van der Waals surface area contributed by atoms with Crippen molar-refractivity contribution in [1.82, 2.24) is 19.9 Å². The second-order valence-corrected chi connectivity index (χ2v) is 5.70. The molecule has 22 heavy (non-hydrogen) atoms. The molecule has 3 rings (SSSR count). The number of methoxy groups -OCH3 is 1. The van der Waals surface area contributed by atoms with Gasteiger partial charge in [-0.15, -0.1) is 0 Å². The Morgan fingerprint density at radius 3 is 3.09 bits per heavy atom. The van der Waals surface area contributed by atoms with Crippen LogP contribution in [0.1, 0.15) is 6.42 Å². The number of rotatable bonds is 5. The minimum absolute atomic E-state index is 0.326. The van der Waals surface area contributed by atoms with E-state index < -0.39 is 0 Å². The molecule has 0 spiro atoms. The van der Waals surface area contributed by atoms with Gasteiger partial charge < -0.3 is 15.0 Å². The molecule has 1 aliphatic heterocycles. The SMILES string of the molecule is COc1cc(NC2CCN(c3ccnc(SC)n3)C2)ncn1. The smallest absolute Gasteiger partial charge is 0.218 e. The summed E-state index contributed by atoms with van der Waals surface area (Å²) in [6.45, 7) is 1.85. The Kier molecular flexibility index (Phi) is 4.57. The lowest BCUT2D eigenvalue weighted by atomic mass is 10.2. The molecule has 2 aromatic heterocycles. The third-order valence-corrected chi connectivity index (χ3v) is 4.08. The van der Waals surface area contributed by atoms with E-state index in [2.05, 4.69) is 30.2 Å². The van der Waals surface area contributed by atoms with Crippen LogP contribution < -0.4 is 15.0 Å². The summed E-state index contributed by atoms with van der Waals surface area (Å²) >= 11 is 1.55. The summed E-state index contributed by atoms with van der Waals surface area (Å²) in [7, 11) is 1.60. The number of thioether (sulfide) groups is 1. The molecule has 0 aromatic carbocycles. The minimum atomic E-state index is 0.326. The van der Waals surface area contributed by atoms with Crippen molar-refractivity contribution in [1.29, 1.82) is 0 Å². The van der Waals surface area contributed by atoms with Crippen molar-refractivity contribution in [3.8, 4) is 5.88 Å². The lowest BCUT2D eigenvalue weighted by molar-refractivity contribution is 0.397. The van der Waals surface area contributed by atoms with Crippen molar-refractivity contribution in [2.45, 2.75) is 17.6 Å². The monoisotopic (exact) mass is 318 g/mol. The van der Waals surface area contributed by atoms with Gasteiger partial charge in [-0.05, 0) is 18.7 Å². The van der Waals surface area contributed by atoms with E-state index in [1.54, 1.807) is 24.9 Å². The van der Waals surface area contributed by atoms with Crippen LogP contribution in [0.15, 0.2) is 29.8 Å². The fourth-order valence-electron chi connectivity index (χ4n) is 2.43. The molecule has 1 unspecified atom stereocenters. The van der Waals surface area contributed by atoms with Crippen molar-refractivity contribution in [2.24, 2.45) is 0 Å². The van der Waals surface area contributed by atoms with E-state index in [0.29, 0.717) is 11.9 Å². The number of nitrogens with one attached hydrogen (secondary N) is 1. The number of anilines is 2. The summed E-state index contributed by atoms with van der Waals surface area (Å²) in [6, 6.07) is 4.09. The Morgan fingerprint density at radius 2 is 2.27 bits per heavy atom. The van der Waals surface area contributed by atoms with Crippen LogP contribution in [0.4, 0.5) is 11.6 Å². The summed E-state index contributed by atoms with van der Waals surface area (Å²) in [5, 5.41) is 4.22. The van der Waals surface area contributed by atoms with Gasteiger partial charge in [0, 0.05) is 31.4 Å². The van der Waals surface area contributed by atoms with E-state index in [1.807, 2.05) is 18.5 Å². The average Bonchev–Trinajstić information content (AvgIpc) is 3.03. The van der Waals surface area contributed by atoms with Crippen LogP contribution >= 0.6 is 11.8 Å². The molecular weight excluding hydrogens is 300 g/mol. The maximum atomic E-state index is 5.11. The average molecular weight is 318 g/mol. The number of ether oxygens (including phenoxy) is 1. The summed E-state index contributed by atoms with van der Waals surface area (Å²) in [5.74, 6) is 2.32. The molecule has 1 saturated heterocycles. The van der Waals surface area contributed by atoms with Gasteiger partial charge in [-0.25, -0.2) is 19.9 Å². The van der Waals surface area contributed by atoms with E-state index in [0.717, 1.165) is 36.3 Å². The first-order valence-electron chi connectivity index (χ1n) is 7.03. The predicted octanol–water partition coefficient (Wildman–Crippen LogP) is 1.69. The van der Waals surface area contributed by atoms with Crippen LogP contribution in [0.2, 0.25) is 0 Å². The highest BCUT2D eigenvalue weighted by Crippen LogP contribution is 2.22. The molecule has 3 heterocycles. The number of aromatic nitrogens is 4. The summed E-state index contributed by atoms with van der Waals surface area (Å²) in [6.07, 6.45) is 6.33. The normalized spacial score (nSPS) is 17.5. The molecule has 0 bridgehead atoms. The van der Waals surface area contributed by atoms with E-state index in [-0.39, 0.29) is 0 Å². The fourth-order valence-corrected chi connectivity index (χ4v) is 2.78. The Balaban J connectivity index is 1.64. The Labute approximate surface area is 133 Å². The van der Waals surface area contributed by atoms with Crippen molar-refractivity contribution in [3.05, 3.63) is 24.7 Å². The zero-order valence-corrected chi connectivity index (χ0v) is 13.4. The van der Waals surface area contributed by atoms with Gasteiger partial charge in [0.05, 0.1) is 7.11 Å². The topological polar surface area (TPSA) is 76.1 Å². The van der Waals surface area contributed by atoms with Gasteiger partial charge in [-0.2, -0.15) is 0 Å². The van der Waals surface area contributed by atoms with Crippen molar-refractivity contribution < 1.29 is 4.74 Å². The quantitative estimate of drug-likeness (QED) is 0.659. The van der Waals surface area contributed by atoms with Gasteiger partial charge in [0.2, 0.25) is 5.88 Å². The predicted molar refractivity (Wildman–Crippen MR) is 86.6 cm³/mol. The van der Waals surface area contributed by atoms with Crippen LogP contribution in [-0.2, 0) is 0 Å². The number of hydrogen-bond acceptors (Lipinski definition) is 8. The molecule has 0 radical (unpaired) electrons. The van der Waals surface area contributed by atoms with Crippen molar-refractivity contribution in [2.75, 3.05) is 36.7 Å². The van der Waals surface area contributed by atoms with Gasteiger partial charge in [-0.3, -0.25) is 0 Å². The summed E-state index contributed by atoms with van der Waals surface area (Å²) < 4.78 is 5.11. The molecule has 1 atom stereocenters. The third kappa shape index (κ3) is 3.38. The lowest BCUT2D eigenvalue weighted by Crippen LogP contribution is -2.27. The van der Waals surface area contributed by atoms with Gasteiger partial charge in [0.25, 0.3) is 0 Å². The second kappa shape index (κ2) is 6.78.